The largest absolute Gasteiger partial charge is 0.355 e. The van der Waals surface area contributed by atoms with Crippen LogP contribution in [0, 0.1) is 5.82 Å². The third kappa shape index (κ3) is 4.68. The van der Waals surface area contributed by atoms with Gasteiger partial charge in [-0.1, -0.05) is 89.7 Å². The number of benzene rings is 3. The maximum atomic E-state index is 13.6. The van der Waals surface area contributed by atoms with E-state index in [0.717, 1.165) is 16.7 Å². The number of aromatic amines is 1. The Kier molecular flexibility index (Phi) is 6.11. The fourth-order valence-corrected chi connectivity index (χ4v) is 4.94. The van der Waals surface area contributed by atoms with Gasteiger partial charge in [0.25, 0.3) is 5.56 Å². The maximum Gasteiger partial charge on any atom is 0.278 e. The first-order valence-corrected chi connectivity index (χ1v) is 12.6. The van der Waals surface area contributed by atoms with Crippen molar-refractivity contribution in [2.75, 3.05) is 0 Å². The van der Waals surface area contributed by atoms with E-state index < -0.39 is 0 Å². The molecule has 0 aliphatic carbocycles. The molecule has 3 heterocycles. The monoisotopic (exact) mass is 509 g/mol. The van der Waals surface area contributed by atoms with Crippen LogP contribution in [0.3, 0.4) is 0 Å². The third-order valence-electron chi connectivity index (χ3n) is 5.89. The van der Waals surface area contributed by atoms with Crippen molar-refractivity contribution < 1.29 is 8.91 Å². The summed E-state index contributed by atoms with van der Waals surface area (Å²) < 4.78 is 20.7. The van der Waals surface area contributed by atoms with Gasteiger partial charge in [0.1, 0.15) is 16.9 Å². The van der Waals surface area contributed by atoms with E-state index in [-0.39, 0.29) is 11.4 Å². The first-order valence-electron chi connectivity index (χ1n) is 11.6. The number of halogens is 1. The highest BCUT2D eigenvalue weighted by Gasteiger charge is 2.18. The molecule has 0 fully saturated rings. The van der Waals surface area contributed by atoms with Crippen LogP contribution in [0.1, 0.15) is 11.5 Å². The van der Waals surface area contributed by atoms with Gasteiger partial charge in [0.2, 0.25) is 11.7 Å². The van der Waals surface area contributed by atoms with E-state index in [9.17, 15) is 9.18 Å². The van der Waals surface area contributed by atoms with Crippen LogP contribution in [0.25, 0.3) is 33.5 Å². The summed E-state index contributed by atoms with van der Waals surface area (Å²) in [7, 11) is 0. The van der Waals surface area contributed by atoms with Gasteiger partial charge in [0.05, 0.1) is 12.3 Å². The summed E-state index contributed by atoms with van der Waals surface area (Å²) in [6.07, 6.45) is 1.82. The average molecular weight is 510 g/mol. The van der Waals surface area contributed by atoms with Gasteiger partial charge in [0.15, 0.2) is 5.16 Å². The first-order chi connectivity index (χ1) is 18.2. The standard InChI is InChI=1S/C28H20FN5O2S/c29-21-13-7-12-20(14-21)26-31-23(36-33-26)17-37-28-32-24-22(19-10-5-2-6-11-19)15-30-25(24)27(35)34(28)16-18-8-3-1-4-9-18/h1-15,30H,16-17H2. The Morgan fingerprint density at radius 2 is 1.68 bits per heavy atom. The van der Waals surface area contributed by atoms with Gasteiger partial charge in [0, 0.05) is 17.3 Å². The number of thioether (sulfide) groups is 1. The first kappa shape index (κ1) is 22.9. The molecule has 1 N–H and O–H groups in total. The van der Waals surface area contributed by atoms with Gasteiger partial charge in [-0.2, -0.15) is 4.98 Å². The van der Waals surface area contributed by atoms with Gasteiger partial charge in [-0.15, -0.1) is 0 Å². The topological polar surface area (TPSA) is 89.6 Å². The maximum absolute atomic E-state index is 13.6. The lowest BCUT2D eigenvalue weighted by molar-refractivity contribution is 0.391. The number of hydrogen-bond donors (Lipinski definition) is 1. The SMILES string of the molecule is O=c1c2[nH]cc(-c3ccccc3)c2nc(SCc2nc(-c3cccc(F)c3)no2)n1Cc1ccccc1. The number of nitrogens with one attached hydrogen (secondary N) is 1. The summed E-state index contributed by atoms with van der Waals surface area (Å²) in [6.45, 7) is 0.364. The van der Waals surface area contributed by atoms with Crippen molar-refractivity contribution in [1.29, 1.82) is 0 Å². The number of fused-ring (bicyclic) bond motifs is 1. The van der Waals surface area contributed by atoms with Gasteiger partial charge >= 0.3 is 0 Å². The fourth-order valence-electron chi connectivity index (χ4n) is 4.11. The molecule has 6 rings (SSSR count). The second-order valence-corrected chi connectivity index (χ2v) is 9.32. The summed E-state index contributed by atoms with van der Waals surface area (Å²) >= 11 is 1.34. The summed E-state index contributed by atoms with van der Waals surface area (Å²) in [4.78, 5) is 26.1. The van der Waals surface area contributed by atoms with Crippen molar-refractivity contribution in [3.63, 3.8) is 0 Å². The Bertz CT molecular complexity index is 1750. The van der Waals surface area contributed by atoms with Crippen LogP contribution in [0.2, 0.25) is 0 Å². The van der Waals surface area contributed by atoms with E-state index >= 15 is 0 Å². The van der Waals surface area contributed by atoms with Crippen LogP contribution < -0.4 is 5.56 Å². The molecule has 0 bridgehead atoms. The number of H-pyrrole nitrogens is 1. The van der Waals surface area contributed by atoms with Gasteiger partial charge < -0.3 is 9.51 Å². The lowest BCUT2D eigenvalue weighted by Gasteiger charge is -2.12. The minimum Gasteiger partial charge on any atom is -0.355 e. The molecule has 3 aromatic heterocycles. The van der Waals surface area contributed by atoms with E-state index in [4.69, 9.17) is 9.51 Å². The second-order valence-electron chi connectivity index (χ2n) is 8.37. The minimum absolute atomic E-state index is 0.162. The van der Waals surface area contributed by atoms with Crippen molar-refractivity contribution >= 4 is 22.8 Å². The molecular formula is C28H20FN5O2S. The molecule has 0 aliphatic rings. The molecule has 0 spiro atoms. The predicted molar refractivity (Wildman–Crippen MR) is 141 cm³/mol. The van der Waals surface area contributed by atoms with Crippen LogP contribution in [-0.4, -0.2) is 24.7 Å². The van der Waals surface area contributed by atoms with Crippen LogP contribution in [0.5, 0.6) is 0 Å². The molecule has 0 amide bonds. The van der Waals surface area contributed by atoms with Crippen molar-refractivity contribution in [3.05, 3.63) is 119 Å². The molecular weight excluding hydrogens is 489 g/mol. The number of hydrogen-bond acceptors (Lipinski definition) is 6. The van der Waals surface area contributed by atoms with E-state index in [0.29, 0.717) is 45.8 Å². The summed E-state index contributed by atoms with van der Waals surface area (Å²) in [5.41, 5.74) is 4.22. The highest BCUT2D eigenvalue weighted by Crippen LogP contribution is 2.29. The zero-order valence-corrected chi connectivity index (χ0v) is 20.3. The molecule has 0 radical (unpaired) electrons. The molecule has 182 valence electrons. The average Bonchev–Trinajstić information content (AvgIpc) is 3.58. The van der Waals surface area contributed by atoms with Crippen molar-refractivity contribution in [1.82, 2.24) is 24.7 Å². The zero-order chi connectivity index (χ0) is 25.2. The summed E-state index contributed by atoms with van der Waals surface area (Å²) in [6, 6.07) is 25.6. The molecule has 0 unspecified atom stereocenters. The smallest absolute Gasteiger partial charge is 0.278 e. The molecule has 0 aliphatic heterocycles. The number of nitrogens with zero attached hydrogens (tertiary/aromatic N) is 4. The van der Waals surface area contributed by atoms with Crippen molar-refractivity contribution in [2.45, 2.75) is 17.5 Å². The van der Waals surface area contributed by atoms with E-state index in [1.54, 1.807) is 16.7 Å². The van der Waals surface area contributed by atoms with Crippen molar-refractivity contribution in [3.8, 4) is 22.5 Å². The summed E-state index contributed by atoms with van der Waals surface area (Å²) in [5, 5.41) is 4.51. The second kappa shape index (κ2) is 9.87. The highest BCUT2D eigenvalue weighted by atomic mass is 32.2. The predicted octanol–water partition coefficient (Wildman–Crippen LogP) is 5.92. The Hall–Kier alpha value is -4.50. The van der Waals surface area contributed by atoms with Crippen LogP contribution in [-0.2, 0) is 12.3 Å². The number of aromatic nitrogens is 5. The molecule has 6 aromatic rings. The normalized spacial score (nSPS) is 11.3. The van der Waals surface area contributed by atoms with Crippen molar-refractivity contribution in [2.24, 2.45) is 0 Å². The van der Waals surface area contributed by atoms with E-state index in [1.807, 2.05) is 66.9 Å². The molecule has 3 aromatic carbocycles. The Balaban J connectivity index is 1.38. The third-order valence-corrected chi connectivity index (χ3v) is 6.86. The molecule has 9 heteroatoms. The molecule has 0 saturated heterocycles. The Morgan fingerprint density at radius 1 is 0.919 bits per heavy atom. The molecule has 7 nitrogen and oxygen atoms in total. The quantitative estimate of drug-likeness (QED) is 0.212. The summed E-state index contributed by atoms with van der Waals surface area (Å²) in [5.74, 6) is 0.570. The number of rotatable bonds is 7. The zero-order valence-electron chi connectivity index (χ0n) is 19.5. The van der Waals surface area contributed by atoms with Crippen LogP contribution >= 0.6 is 11.8 Å². The lowest BCUT2D eigenvalue weighted by atomic mass is 10.1. The molecule has 0 saturated carbocycles. The van der Waals surface area contributed by atoms with E-state index in [1.165, 1.54) is 23.9 Å². The van der Waals surface area contributed by atoms with Gasteiger partial charge in [-0.05, 0) is 23.3 Å². The van der Waals surface area contributed by atoms with Crippen LogP contribution in [0.4, 0.5) is 4.39 Å². The Morgan fingerprint density at radius 3 is 2.46 bits per heavy atom. The fraction of sp³-hybridized carbons (Fsp3) is 0.0714. The van der Waals surface area contributed by atoms with Gasteiger partial charge in [-0.3, -0.25) is 9.36 Å². The molecule has 0 atom stereocenters. The lowest BCUT2D eigenvalue weighted by Crippen LogP contribution is -2.24. The van der Waals surface area contributed by atoms with Gasteiger partial charge in [-0.25, -0.2) is 9.37 Å². The van der Waals surface area contributed by atoms with E-state index in [2.05, 4.69) is 15.1 Å². The Labute approximate surface area is 215 Å². The molecule has 37 heavy (non-hydrogen) atoms. The van der Waals surface area contributed by atoms with Crippen LogP contribution in [0.15, 0.2) is 106 Å². The minimum atomic E-state index is -0.374. The highest BCUT2D eigenvalue weighted by molar-refractivity contribution is 7.98.